The number of thiophene rings is 1. The lowest BCUT2D eigenvalue weighted by Gasteiger charge is -2.05. The van der Waals surface area contributed by atoms with Crippen molar-refractivity contribution in [3.05, 3.63) is 69.7 Å². The van der Waals surface area contributed by atoms with Crippen LogP contribution < -0.4 is 0 Å². The third-order valence-electron chi connectivity index (χ3n) is 3.97. The van der Waals surface area contributed by atoms with Crippen LogP contribution >= 0.6 is 11.3 Å². The Balaban J connectivity index is 1.62. The third kappa shape index (κ3) is 4.29. The Kier molecular flexibility index (Phi) is 5.23. The van der Waals surface area contributed by atoms with Crippen LogP contribution in [0.25, 0.3) is 0 Å². The molecule has 0 radical (unpaired) electrons. The van der Waals surface area contributed by atoms with Crippen molar-refractivity contribution in [3.8, 4) is 0 Å². The highest BCUT2D eigenvalue weighted by Gasteiger charge is 2.12. The van der Waals surface area contributed by atoms with Crippen LogP contribution in [0.1, 0.15) is 47.2 Å². The van der Waals surface area contributed by atoms with E-state index in [0.717, 1.165) is 18.7 Å². The highest BCUT2D eigenvalue weighted by molar-refractivity contribution is 7.12. The molecule has 0 aliphatic carbocycles. The van der Waals surface area contributed by atoms with Crippen molar-refractivity contribution in [2.45, 2.75) is 45.6 Å². The van der Waals surface area contributed by atoms with E-state index < -0.39 is 0 Å². The topological polar surface area (TPSA) is 30.7 Å². The van der Waals surface area contributed by atoms with Crippen LogP contribution in [0, 0.1) is 0 Å². The van der Waals surface area contributed by atoms with Gasteiger partial charge in [0, 0.05) is 21.9 Å². The Hall–Kier alpha value is -1.94. The van der Waals surface area contributed by atoms with E-state index in [1.807, 2.05) is 22.1 Å². The van der Waals surface area contributed by atoms with Crippen LogP contribution in [0.15, 0.2) is 48.7 Å². The van der Waals surface area contributed by atoms with Crippen LogP contribution in [-0.4, -0.2) is 15.0 Å². The Morgan fingerprint density at radius 1 is 1.09 bits per heavy atom. The molecule has 0 fully saturated rings. The minimum absolute atomic E-state index is 0.396. The molecule has 3 nitrogen and oxygen atoms in total. The van der Waals surface area contributed by atoms with Crippen LogP contribution in [0.5, 0.6) is 0 Å². The molecule has 1 unspecified atom stereocenters. The van der Waals surface area contributed by atoms with Gasteiger partial charge < -0.3 is 0 Å². The molecule has 1 atom stereocenters. The van der Waals surface area contributed by atoms with E-state index in [2.05, 4.69) is 66.8 Å². The van der Waals surface area contributed by atoms with Crippen LogP contribution in [0.2, 0.25) is 0 Å². The summed E-state index contributed by atoms with van der Waals surface area (Å²) in [6.07, 6.45) is 5.52. The molecular weight excluding hydrogens is 302 g/mol. The van der Waals surface area contributed by atoms with Gasteiger partial charge in [-0.25, -0.2) is 4.68 Å². The summed E-state index contributed by atoms with van der Waals surface area (Å²) >= 11 is 1.93. The average Bonchev–Trinajstić information content (AvgIpc) is 3.18. The second-order valence-corrected chi connectivity index (χ2v) is 7.30. The van der Waals surface area contributed by atoms with E-state index in [-0.39, 0.29) is 0 Å². The molecule has 0 bridgehead atoms. The summed E-state index contributed by atoms with van der Waals surface area (Å²) in [6.45, 7) is 5.24. The molecule has 23 heavy (non-hydrogen) atoms. The summed E-state index contributed by atoms with van der Waals surface area (Å²) in [5, 5.41) is 8.65. The van der Waals surface area contributed by atoms with Gasteiger partial charge >= 0.3 is 0 Å². The van der Waals surface area contributed by atoms with Crippen molar-refractivity contribution in [2.75, 3.05) is 0 Å². The van der Waals surface area contributed by atoms with Gasteiger partial charge in [0.1, 0.15) is 0 Å². The molecule has 0 saturated carbocycles. The minimum Gasteiger partial charge on any atom is -0.248 e. The van der Waals surface area contributed by atoms with Crippen molar-refractivity contribution < 1.29 is 0 Å². The Morgan fingerprint density at radius 3 is 2.65 bits per heavy atom. The van der Waals surface area contributed by atoms with Crippen LogP contribution in [-0.2, 0) is 19.4 Å². The Bertz CT molecular complexity index is 730. The smallest absolute Gasteiger partial charge is 0.0858 e. The maximum atomic E-state index is 4.37. The first kappa shape index (κ1) is 15.9. The van der Waals surface area contributed by atoms with E-state index in [1.165, 1.54) is 28.2 Å². The molecule has 0 saturated heterocycles. The van der Waals surface area contributed by atoms with Crippen molar-refractivity contribution >= 4 is 11.3 Å². The second kappa shape index (κ2) is 7.55. The lowest BCUT2D eigenvalue weighted by Crippen LogP contribution is -2.00. The van der Waals surface area contributed by atoms with E-state index in [4.69, 9.17) is 0 Å². The van der Waals surface area contributed by atoms with E-state index in [0.29, 0.717) is 5.92 Å². The summed E-state index contributed by atoms with van der Waals surface area (Å²) in [4.78, 5) is 2.93. The highest BCUT2D eigenvalue weighted by Crippen LogP contribution is 2.25. The van der Waals surface area contributed by atoms with Gasteiger partial charge in [-0.1, -0.05) is 55.8 Å². The lowest BCUT2D eigenvalue weighted by atomic mass is 10.0. The number of hydrogen-bond acceptors (Lipinski definition) is 3. The van der Waals surface area contributed by atoms with Gasteiger partial charge in [-0.2, -0.15) is 0 Å². The number of hydrogen-bond donors (Lipinski definition) is 0. The van der Waals surface area contributed by atoms with Gasteiger partial charge in [-0.05, 0) is 30.5 Å². The predicted octanol–water partition coefficient (Wildman–Crippen LogP) is 4.69. The van der Waals surface area contributed by atoms with Gasteiger partial charge in [0.15, 0.2) is 0 Å². The molecule has 0 N–H and O–H groups in total. The minimum atomic E-state index is 0.396. The number of aromatic nitrogens is 3. The Labute approximate surface area is 142 Å². The van der Waals surface area contributed by atoms with Crippen molar-refractivity contribution in [2.24, 2.45) is 0 Å². The quantitative estimate of drug-likeness (QED) is 0.631. The molecular formula is C19H23N3S. The summed E-state index contributed by atoms with van der Waals surface area (Å²) < 4.78 is 1.93. The maximum absolute atomic E-state index is 4.37. The fourth-order valence-electron chi connectivity index (χ4n) is 2.71. The monoisotopic (exact) mass is 325 g/mol. The summed E-state index contributed by atoms with van der Waals surface area (Å²) in [7, 11) is 0. The Morgan fingerprint density at radius 2 is 1.87 bits per heavy atom. The van der Waals surface area contributed by atoms with Gasteiger partial charge in [0.05, 0.1) is 12.2 Å². The van der Waals surface area contributed by atoms with Crippen molar-refractivity contribution in [1.29, 1.82) is 0 Å². The van der Waals surface area contributed by atoms with Crippen molar-refractivity contribution in [3.63, 3.8) is 0 Å². The SMILES string of the molecule is CCCc1ccc(CC(C)c2cn(Cc3ccccc3)nn2)s1. The summed E-state index contributed by atoms with van der Waals surface area (Å²) in [6, 6.07) is 14.9. The fraction of sp³-hybridized carbons (Fsp3) is 0.368. The van der Waals surface area contributed by atoms with Gasteiger partial charge in [0.25, 0.3) is 0 Å². The standard InChI is InChI=1S/C19H23N3S/c1-3-7-17-10-11-18(23-17)12-15(2)19-14-22(21-20-19)13-16-8-5-4-6-9-16/h4-6,8-11,14-15H,3,7,12-13H2,1-2H3. The van der Waals surface area contributed by atoms with Gasteiger partial charge in [-0.3, -0.25) is 0 Å². The largest absolute Gasteiger partial charge is 0.248 e. The maximum Gasteiger partial charge on any atom is 0.0858 e. The molecule has 1 aromatic carbocycles. The molecule has 2 aromatic heterocycles. The molecule has 4 heteroatoms. The zero-order valence-corrected chi connectivity index (χ0v) is 14.6. The normalized spacial score (nSPS) is 12.4. The number of benzene rings is 1. The molecule has 120 valence electrons. The molecule has 0 aliphatic rings. The average molecular weight is 325 g/mol. The van der Waals surface area contributed by atoms with E-state index in [9.17, 15) is 0 Å². The highest BCUT2D eigenvalue weighted by atomic mass is 32.1. The molecule has 2 heterocycles. The molecule has 0 amide bonds. The first-order chi connectivity index (χ1) is 11.2. The molecule has 3 aromatic rings. The first-order valence-corrected chi connectivity index (χ1v) is 9.07. The fourth-order valence-corrected chi connectivity index (χ4v) is 3.95. The first-order valence-electron chi connectivity index (χ1n) is 8.26. The predicted molar refractivity (Wildman–Crippen MR) is 96.0 cm³/mol. The lowest BCUT2D eigenvalue weighted by molar-refractivity contribution is 0.648. The van der Waals surface area contributed by atoms with Gasteiger partial charge in [0.2, 0.25) is 0 Å². The van der Waals surface area contributed by atoms with E-state index in [1.54, 1.807) is 0 Å². The van der Waals surface area contributed by atoms with Gasteiger partial charge in [-0.15, -0.1) is 16.4 Å². The zero-order valence-electron chi connectivity index (χ0n) is 13.8. The number of nitrogens with zero attached hydrogens (tertiary/aromatic N) is 3. The molecule has 0 spiro atoms. The zero-order chi connectivity index (χ0) is 16.1. The van der Waals surface area contributed by atoms with Crippen molar-refractivity contribution in [1.82, 2.24) is 15.0 Å². The summed E-state index contributed by atoms with van der Waals surface area (Å²) in [5.74, 6) is 0.396. The van der Waals surface area contributed by atoms with Crippen LogP contribution in [0.3, 0.4) is 0 Å². The molecule has 3 rings (SSSR count). The third-order valence-corrected chi connectivity index (χ3v) is 5.14. The molecule has 0 aliphatic heterocycles. The van der Waals surface area contributed by atoms with E-state index >= 15 is 0 Å². The van der Waals surface area contributed by atoms with Crippen LogP contribution in [0.4, 0.5) is 0 Å². The summed E-state index contributed by atoms with van der Waals surface area (Å²) in [5.41, 5.74) is 2.32. The second-order valence-electron chi connectivity index (χ2n) is 6.05. The number of aryl methyl sites for hydroxylation is 1. The number of rotatable bonds is 7.